The number of hydrogen-bond acceptors (Lipinski definition) is 5. The van der Waals surface area contributed by atoms with E-state index in [-0.39, 0.29) is 30.1 Å². The lowest BCUT2D eigenvalue weighted by Gasteiger charge is -2.19. The molecule has 1 aromatic heterocycles. The quantitative estimate of drug-likeness (QED) is 0.550. The molecule has 6 nitrogen and oxygen atoms in total. The topological polar surface area (TPSA) is 64.8 Å². The average molecular weight is 416 g/mol. The molecule has 0 aliphatic heterocycles. The number of carbonyl (C=O) groups excluding carboxylic acids is 1. The van der Waals surface area contributed by atoms with E-state index in [0.717, 1.165) is 17.7 Å². The van der Waals surface area contributed by atoms with E-state index in [1.54, 1.807) is 38.3 Å². The molecule has 0 aliphatic rings. The molecule has 1 amide bonds. The van der Waals surface area contributed by atoms with E-state index < -0.39 is 11.6 Å². The minimum absolute atomic E-state index is 0.111. The first-order valence-electron chi connectivity index (χ1n) is 9.26. The second kappa shape index (κ2) is 9.39. The number of aromatic nitrogens is 1. The van der Waals surface area contributed by atoms with Crippen molar-refractivity contribution in [2.24, 2.45) is 0 Å². The van der Waals surface area contributed by atoms with Gasteiger partial charge in [0.05, 0.1) is 26.0 Å². The van der Waals surface area contributed by atoms with Gasteiger partial charge in [0.2, 0.25) is 5.91 Å². The largest absolute Gasteiger partial charge is 0.497 e. The molecule has 0 aliphatic carbocycles. The van der Waals surface area contributed by atoms with Crippen molar-refractivity contribution >= 4 is 5.91 Å². The number of oxazole rings is 1. The molecule has 0 fully saturated rings. The highest BCUT2D eigenvalue weighted by Crippen LogP contribution is 2.26. The molecular weight excluding hydrogens is 394 g/mol. The maximum Gasteiger partial charge on any atom is 0.223 e. The van der Waals surface area contributed by atoms with Crippen LogP contribution >= 0.6 is 0 Å². The summed E-state index contributed by atoms with van der Waals surface area (Å²) in [6.07, 6.45) is 1.79. The number of methoxy groups -OCH3 is 2. The van der Waals surface area contributed by atoms with Gasteiger partial charge in [-0.1, -0.05) is 0 Å². The van der Waals surface area contributed by atoms with Crippen molar-refractivity contribution < 1.29 is 27.5 Å². The lowest BCUT2D eigenvalue weighted by Crippen LogP contribution is -2.26. The van der Waals surface area contributed by atoms with Crippen molar-refractivity contribution in [3.63, 3.8) is 0 Å². The fourth-order valence-electron chi connectivity index (χ4n) is 2.97. The highest BCUT2D eigenvalue weighted by molar-refractivity contribution is 5.76. The van der Waals surface area contributed by atoms with Crippen LogP contribution < -0.4 is 9.47 Å². The second-order valence-electron chi connectivity index (χ2n) is 6.67. The van der Waals surface area contributed by atoms with Crippen LogP contribution in [0.2, 0.25) is 0 Å². The monoisotopic (exact) mass is 416 g/mol. The van der Waals surface area contributed by atoms with Gasteiger partial charge < -0.3 is 18.8 Å². The van der Waals surface area contributed by atoms with Crippen molar-refractivity contribution in [1.82, 2.24) is 9.88 Å². The number of benzene rings is 2. The Labute approximate surface area is 173 Å². The molecule has 0 atom stereocenters. The Balaban J connectivity index is 1.60. The van der Waals surface area contributed by atoms with Gasteiger partial charge in [-0.15, -0.1) is 0 Å². The molecule has 0 bridgehead atoms. The van der Waals surface area contributed by atoms with Crippen molar-refractivity contribution in [2.45, 2.75) is 19.4 Å². The van der Waals surface area contributed by atoms with Gasteiger partial charge in [0.1, 0.15) is 23.1 Å². The SMILES string of the molecule is COc1ccc(CN(C)C(=O)CCc2ncc(-c3ccc(F)cc3F)o2)c(OC)c1. The molecule has 30 heavy (non-hydrogen) atoms. The van der Waals surface area contributed by atoms with Crippen LogP contribution in [0.5, 0.6) is 11.5 Å². The summed E-state index contributed by atoms with van der Waals surface area (Å²) < 4.78 is 43.0. The molecule has 3 aromatic rings. The van der Waals surface area contributed by atoms with Gasteiger partial charge >= 0.3 is 0 Å². The number of halogens is 2. The lowest BCUT2D eigenvalue weighted by atomic mass is 10.1. The van der Waals surface area contributed by atoms with E-state index in [9.17, 15) is 13.6 Å². The van der Waals surface area contributed by atoms with E-state index >= 15 is 0 Å². The standard InChI is InChI=1S/C22H22F2N2O4/c1-26(13-14-4-6-16(28-2)11-19(14)29-3)22(27)9-8-21-25-12-20(30-21)17-7-5-15(23)10-18(17)24/h4-7,10-12H,8-9,13H2,1-3H3. The van der Waals surface area contributed by atoms with Crippen molar-refractivity contribution in [1.29, 1.82) is 0 Å². The van der Waals surface area contributed by atoms with E-state index in [1.807, 2.05) is 6.07 Å². The van der Waals surface area contributed by atoms with Crippen LogP contribution in [0.1, 0.15) is 17.9 Å². The van der Waals surface area contributed by atoms with E-state index in [2.05, 4.69) is 4.98 Å². The van der Waals surface area contributed by atoms with E-state index in [4.69, 9.17) is 13.9 Å². The van der Waals surface area contributed by atoms with E-state index in [0.29, 0.717) is 23.9 Å². The molecule has 158 valence electrons. The minimum Gasteiger partial charge on any atom is -0.497 e. The Hall–Kier alpha value is -3.42. The Morgan fingerprint density at radius 3 is 2.63 bits per heavy atom. The number of amides is 1. The molecule has 0 spiro atoms. The second-order valence-corrected chi connectivity index (χ2v) is 6.67. The van der Waals surface area contributed by atoms with Crippen LogP contribution in [0.15, 0.2) is 47.0 Å². The third-order valence-corrected chi connectivity index (χ3v) is 4.63. The zero-order valence-corrected chi connectivity index (χ0v) is 16.9. The van der Waals surface area contributed by atoms with Gasteiger partial charge in [0.15, 0.2) is 11.7 Å². The summed E-state index contributed by atoms with van der Waals surface area (Å²) in [6.45, 7) is 0.365. The smallest absolute Gasteiger partial charge is 0.223 e. The molecule has 0 radical (unpaired) electrons. The highest BCUT2D eigenvalue weighted by atomic mass is 19.1. The van der Waals surface area contributed by atoms with Gasteiger partial charge in [0.25, 0.3) is 0 Å². The summed E-state index contributed by atoms with van der Waals surface area (Å²) in [6, 6.07) is 8.63. The zero-order valence-electron chi connectivity index (χ0n) is 16.9. The Morgan fingerprint density at radius 1 is 1.13 bits per heavy atom. The first-order chi connectivity index (χ1) is 14.4. The third-order valence-electron chi connectivity index (χ3n) is 4.63. The number of hydrogen-bond donors (Lipinski definition) is 0. The molecule has 8 heteroatoms. The van der Waals surface area contributed by atoms with Crippen LogP contribution in [-0.4, -0.2) is 37.1 Å². The molecular formula is C22H22F2N2O4. The summed E-state index contributed by atoms with van der Waals surface area (Å²) in [7, 11) is 4.83. The number of carbonyl (C=O) groups is 1. The van der Waals surface area contributed by atoms with Crippen molar-refractivity contribution in [2.75, 3.05) is 21.3 Å². The van der Waals surface area contributed by atoms with Crippen molar-refractivity contribution in [3.8, 4) is 22.8 Å². The maximum atomic E-state index is 13.9. The maximum absolute atomic E-state index is 13.9. The van der Waals surface area contributed by atoms with Crippen molar-refractivity contribution in [3.05, 3.63) is 65.7 Å². The van der Waals surface area contributed by atoms with Gasteiger partial charge in [-0.2, -0.15) is 0 Å². The van der Waals surface area contributed by atoms with Crippen LogP contribution in [0, 0.1) is 11.6 Å². The van der Waals surface area contributed by atoms with Gasteiger partial charge in [-0.25, -0.2) is 13.8 Å². The highest BCUT2D eigenvalue weighted by Gasteiger charge is 2.16. The lowest BCUT2D eigenvalue weighted by molar-refractivity contribution is -0.130. The average Bonchev–Trinajstić information content (AvgIpc) is 3.20. The summed E-state index contributed by atoms with van der Waals surface area (Å²) >= 11 is 0. The number of nitrogens with zero attached hydrogens (tertiary/aromatic N) is 2. The fraction of sp³-hybridized carbons (Fsp3) is 0.273. The van der Waals surface area contributed by atoms with Crippen LogP contribution in [0.25, 0.3) is 11.3 Å². The fourth-order valence-corrected chi connectivity index (χ4v) is 2.97. The van der Waals surface area contributed by atoms with E-state index in [1.165, 1.54) is 12.3 Å². The third kappa shape index (κ3) is 4.94. The first kappa shape index (κ1) is 21.3. The van der Waals surface area contributed by atoms with Crippen LogP contribution in [-0.2, 0) is 17.8 Å². The van der Waals surface area contributed by atoms with Crippen LogP contribution in [0.3, 0.4) is 0 Å². The Morgan fingerprint density at radius 2 is 1.93 bits per heavy atom. The van der Waals surface area contributed by atoms with Crippen LogP contribution in [0.4, 0.5) is 8.78 Å². The Kier molecular flexibility index (Phi) is 6.66. The predicted molar refractivity (Wildman–Crippen MR) is 106 cm³/mol. The van der Waals surface area contributed by atoms with Gasteiger partial charge in [0, 0.05) is 44.1 Å². The first-order valence-corrected chi connectivity index (χ1v) is 9.26. The minimum atomic E-state index is -0.734. The zero-order chi connectivity index (χ0) is 21.7. The number of ether oxygens (including phenoxy) is 2. The predicted octanol–water partition coefficient (Wildman–Crippen LogP) is 4.23. The summed E-state index contributed by atoms with van der Waals surface area (Å²) in [5.41, 5.74) is 0.963. The molecule has 2 aromatic carbocycles. The normalized spacial score (nSPS) is 10.7. The number of aryl methyl sites for hydroxylation is 1. The molecule has 0 saturated heterocycles. The van der Waals surface area contributed by atoms with Gasteiger partial charge in [-0.05, 0) is 24.3 Å². The summed E-state index contributed by atoms with van der Waals surface area (Å²) in [5.74, 6) is 0.277. The number of rotatable bonds is 8. The molecule has 0 saturated carbocycles. The molecule has 0 unspecified atom stereocenters. The molecule has 1 heterocycles. The Bertz CT molecular complexity index is 1040. The summed E-state index contributed by atoms with van der Waals surface area (Å²) in [5, 5.41) is 0. The molecule has 3 rings (SSSR count). The van der Waals surface area contributed by atoms with Gasteiger partial charge in [-0.3, -0.25) is 4.79 Å². The molecule has 0 N–H and O–H groups in total. The summed E-state index contributed by atoms with van der Waals surface area (Å²) in [4.78, 5) is 18.2.